The van der Waals surface area contributed by atoms with Crippen LogP contribution in [0.15, 0.2) is 48.6 Å². The minimum absolute atomic E-state index is 0.0240. The number of aliphatic hydroxyl groups excluding tert-OH is 3. The average molecular weight is 831 g/mol. The van der Waals surface area contributed by atoms with E-state index in [1.54, 1.807) is 42.5 Å². The van der Waals surface area contributed by atoms with Crippen molar-refractivity contribution in [3.05, 3.63) is 48.6 Å². The summed E-state index contributed by atoms with van der Waals surface area (Å²) < 4.78 is 34.0. The molecule has 0 saturated carbocycles. The Balaban J connectivity index is 4.70. The number of phosphoric acid groups is 1. The van der Waals surface area contributed by atoms with Gasteiger partial charge in [-0.25, -0.2) is 4.57 Å². The second-order valence-electron chi connectivity index (χ2n) is 16.0. The Morgan fingerprint density at radius 2 is 1.12 bits per heavy atom. The third kappa shape index (κ3) is 37.8. The molecule has 0 aromatic carbocycles. The van der Waals surface area contributed by atoms with Gasteiger partial charge >= 0.3 is 19.8 Å². The summed E-state index contributed by atoms with van der Waals surface area (Å²) >= 11 is 0. The predicted molar refractivity (Wildman–Crippen MR) is 228 cm³/mol. The first-order valence-electron chi connectivity index (χ1n) is 21.7. The van der Waals surface area contributed by atoms with Crippen LogP contribution in [-0.4, -0.2) is 109 Å². The monoisotopic (exact) mass is 831 g/mol. The molecule has 0 aliphatic carbocycles. The van der Waals surface area contributed by atoms with Crippen LogP contribution in [0.1, 0.15) is 149 Å². The van der Waals surface area contributed by atoms with Crippen molar-refractivity contribution in [2.75, 3.05) is 47.5 Å². The fourth-order valence-electron chi connectivity index (χ4n) is 5.63. The number of likely N-dealkylation sites (N-methyl/N-ethyl adjacent to an activating group) is 1. The van der Waals surface area contributed by atoms with Gasteiger partial charge in [0.2, 0.25) is 0 Å². The van der Waals surface area contributed by atoms with Crippen LogP contribution in [0.5, 0.6) is 0 Å². The molecule has 0 aliphatic rings. The summed E-state index contributed by atoms with van der Waals surface area (Å²) in [6.45, 7) is 3.91. The zero-order chi connectivity index (χ0) is 42.6. The molecule has 57 heavy (non-hydrogen) atoms. The topological polar surface area (TPSA) is 169 Å². The van der Waals surface area contributed by atoms with Crippen LogP contribution in [0.4, 0.5) is 0 Å². The van der Waals surface area contributed by atoms with Crippen LogP contribution >= 0.6 is 7.82 Å². The second kappa shape index (κ2) is 35.8. The van der Waals surface area contributed by atoms with Gasteiger partial charge in [-0.1, -0.05) is 159 Å². The third-order valence-corrected chi connectivity index (χ3v) is 10.2. The van der Waals surface area contributed by atoms with Crippen LogP contribution in [0.3, 0.4) is 0 Å². The average Bonchev–Trinajstić information content (AvgIpc) is 3.15. The molecule has 0 heterocycles. The highest BCUT2D eigenvalue weighted by molar-refractivity contribution is 7.47. The first-order chi connectivity index (χ1) is 27.2. The molecule has 0 amide bonds. The van der Waals surface area contributed by atoms with E-state index in [9.17, 15) is 34.4 Å². The van der Waals surface area contributed by atoms with Crippen molar-refractivity contribution < 1.29 is 57.4 Å². The molecular formula is C44H81NO11P+. The van der Waals surface area contributed by atoms with Crippen molar-refractivity contribution in [3.8, 4) is 0 Å². The van der Waals surface area contributed by atoms with Gasteiger partial charge in [0.25, 0.3) is 0 Å². The number of ether oxygens (including phenoxy) is 2. The highest BCUT2D eigenvalue weighted by Crippen LogP contribution is 2.43. The predicted octanol–water partition coefficient (Wildman–Crippen LogP) is 8.82. The van der Waals surface area contributed by atoms with E-state index in [2.05, 4.69) is 13.8 Å². The highest BCUT2D eigenvalue weighted by atomic mass is 31.2. The van der Waals surface area contributed by atoms with Crippen LogP contribution in [0.2, 0.25) is 0 Å². The lowest BCUT2D eigenvalue weighted by atomic mass is 10.0. The lowest BCUT2D eigenvalue weighted by molar-refractivity contribution is -0.870. The molecule has 0 rings (SSSR count). The lowest BCUT2D eigenvalue weighted by Crippen LogP contribution is -2.37. The van der Waals surface area contributed by atoms with Gasteiger partial charge in [-0.15, -0.1) is 0 Å². The zero-order valence-corrected chi connectivity index (χ0v) is 37.0. The van der Waals surface area contributed by atoms with E-state index in [-0.39, 0.29) is 38.9 Å². The molecule has 0 aliphatic heterocycles. The van der Waals surface area contributed by atoms with Crippen molar-refractivity contribution in [2.45, 2.75) is 173 Å². The smallest absolute Gasteiger partial charge is 0.462 e. The number of aliphatic hydroxyl groups is 3. The Bertz CT molecular complexity index is 1170. The molecule has 0 spiro atoms. The molecule has 0 fully saturated rings. The van der Waals surface area contributed by atoms with Gasteiger partial charge in [0.15, 0.2) is 6.10 Å². The molecule has 0 radical (unpaired) electrons. The minimum Gasteiger partial charge on any atom is -0.462 e. The first-order valence-corrected chi connectivity index (χ1v) is 23.2. The van der Waals surface area contributed by atoms with Crippen LogP contribution in [-0.2, 0) is 32.7 Å². The van der Waals surface area contributed by atoms with Crippen LogP contribution in [0.25, 0.3) is 0 Å². The maximum absolute atomic E-state index is 12.7. The summed E-state index contributed by atoms with van der Waals surface area (Å²) in [5, 5.41) is 30.5. The van der Waals surface area contributed by atoms with Crippen LogP contribution in [0, 0.1) is 0 Å². The molecule has 0 aromatic rings. The number of nitrogens with zero attached hydrogens (tertiary/aromatic N) is 1. The Labute approximate surface area is 345 Å². The van der Waals surface area contributed by atoms with E-state index >= 15 is 0 Å². The van der Waals surface area contributed by atoms with Crippen molar-refractivity contribution >= 4 is 19.8 Å². The van der Waals surface area contributed by atoms with Gasteiger partial charge < -0.3 is 34.2 Å². The maximum Gasteiger partial charge on any atom is 0.472 e. The number of carbonyl (C=O) groups excluding carboxylic acids is 2. The van der Waals surface area contributed by atoms with Crippen molar-refractivity contribution in [3.63, 3.8) is 0 Å². The van der Waals surface area contributed by atoms with Gasteiger partial charge in [0.05, 0.1) is 46.1 Å². The van der Waals surface area contributed by atoms with E-state index in [1.807, 2.05) is 21.1 Å². The summed E-state index contributed by atoms with van der Waals surface area (Å²) in [7, 11) is 1.29. The molecule has 0 aromatic heterocycles. The molecule has 13 heteroatoms. The summed E-state index contributed by atoms with van der Waals surface area (Å²) in [5.41, 5.74) is 0. The minimum atomic E-state index is -4.45. The normalized spacial score (nSPS) is 15.7. The van der Waals surface area contributed by atoms with Gasteiger partial charge in [-0.3, -0.25) is 18.6 Å². The Morgan fingerprint density at radius 3 is 1.70 bits per heavy atom. The van der Waals surface area contributed by atoms with Gasteiger partial charge in [0.1, 0.15) is 19.8 Å². The molecule has 332 valence electrons. The molecule has 12 nitrogen and oxygen atoms in total. The summed E-state index contributed by atoms with van der Waals surface area (Å²) in [6.07, 6.45) is 29.6. The number of rotatable bonds is 38. The van der Waals surface area contributed by atoms with Crippen molar-refractivity contribution in [2.24, 2.45) is 0 Å². The lowest BCUT2D eigenvalue weighted by Gasteiger charge is -2.24. The quantitative estimate of drug-likeness (QED) is 0.0154. The standard InChI is InChI=1S/C44H80NO11P/c1-6-8-10-11-12-13-14-15-16-17-18-23-27-33-44(50)56-40(38-55-57(51,52)54-36-35-45(3,4)5)37-53-43(49)34-28-32-42(48)41(47)31-26-22-20-19-21-25-30-39(46)29-24-9-7-2/h19-22,25-26,30-31,39-42,46-48H,6-18,23-24,27-29,32-38H2,1-5H3/p+1/b21-19-,22-20+,30-25+,31-26+/t39-,40-,41-,42-/m1/s1. The van der Waals surface area contributed by atoms with E-state index < -0.39 is 50.8 Å². The Hall–Kier alpha value is -2.15. The zero-order valence-electron chi connectivity index (χ0n) is 36.1. The van der Waals surface area contributed by atoms with E-state index in [1.165, 1.54) is 63.9 Å². The first kappa shape index (κ1) is 54.9. The number of carbonyl (C=O) groups is 2. The van der Waals surface area contributed by atoms with Gasteiger partial charge in [-0.2, -0.15) is 0 Å². The van der Waals surface area contributed by atoms with Gasteiger partial charge in [0, 0.05) is 12.8 Å². The summed E-state index contributed by atoms with van der Waals surface area (Å²) in [4.78, 5) is 35.4. The number of unbranched alkanes of at least 4 members (excludes halogenated alkanes) is 14. The largest absolute Gasteiger partial charge is 0.472 e. The molecule has 4 N–H and O–H groups in total. The summed E-state index contributed by atoms with van der Waals surface area (Å²) in [5.74, 6) is -1.13. The fourth-order valence-corrected chi connectivity index (χ4v) is 6.37. The number of hydrogen-bond donors (Lipinski definition) is 4. The van der Waals surface area contributed by atoms with E-state index in [0.717, 1.165) is 44.9 Å². The third-order valence-electron chi connectivity index (χ3n) is 9.23. The number of phosphoric ester groups is 1. The van der Waals surface area contributed by atoms with Crippen molar-refractivity contribution in [1.29, 1.82) is 0 Å². The SMILES string of the molecule is CCCCCCCCCCCCCCCC(=O)O[C@H](COC(=O)CCC[C@@H](O)[C@H](O)/C=C/C=C/C=C\C=C\[C@H](O)CCCCC)COP(=O)(O)OCC[N+](C)(C)C. The van der Waals surface area contributed by atoms with E-state index in [4.69, 9.17) is 18.5 Å². The fraction of sp³-hybridized carbons (Fsp3) is 0.773. The number of quaternary nitrogens is 1. The van der Waals surface area contributed by atoms with Crippen molar-refractivity contribution in [1.82, 2.24) is 0 Å². The molecule has 0 bridgehead atoms. The maximum atomic E-state index is 12.7. The van der Waals surface area contributed by atoms with Gasteiger partial charge in [-0.05, 0) is 25.7 Å². The Morgan fingerprint density at radius 1 is 0.614 bits per heavy atom. The molecule has 1 unspecified atom stereocenters. The second-order valence-corrected chi connectivity index (χ2v) is 17.4. The molecule has 0 saturated heterocycles. The highest BCUT2D eigenvalue weighted by Gasteiger charge is 2.27. The number of hydrogen-bond acceptors (Lipinski definition) is 10. The number of esters is 2. The molecular weight excluding hydrogens is 749 g/mol. The molecule has 5 atom stereocenters. The Kier molecular flexibility index (Phi) is 34.4. The number of allylic oxidation sites excluding steroid dienone is 6. The van der Waals surface area contributed by atoms with E-state index in [0.29, 0.717) is 17.4 Å². The summed E-state index contributed by atoms with van der Waals surface area (Å²) in [6, 6.07) is 0. The van der Waals surface area contributed by atoms with Crippen LogP contribution < -0.4 is 0 Å².